The second-order valence-electron chi connectivity index (χ2n) is 6.06. The van der Waals surface area contributed by atoms with Crippen LogP contribution in [0.15, 0.2) is 36.7 Å². The zero-order valence-electron chi connectivity index (χ0n) is 14.6. The molecule has 7 heteroatoms. The summed E-state index contributed by atoms with van der Waals surface area (Å²) in [4.78, 5) is 13.7. The molecule has 2 aromatic rings. The molecular weight excluding hydrogens is 321 g/mol. The highest BCUT2D eigenvalue weighted by Crippen LogP contribution is 2.13. The molecule has 1 amide bonds. The van der Waals surface area contributed by atoms with Gasteiger partial charge in [0.1, 0.15) is 5.82 Å². The van der Waals surface area contributed by atoms with E-state index in [4.69, 9.17) is 5.26 Å². The fourth-order valence-corrected chi connectivity index (χ4v) is 2.41. The summed E-state index contributed by atoms with van der Waals surface area (Å²) in [6.07, 6.45) is 3.59. The van der Waals surface area contributed by atoms with Crippen LogP contribution < -0.4 is 5.32 Å². The SMILES string of the molecule is C[C@H](NCC(=O)N(C)Cc1cc(C#N)ccc1F)[C@H](C)n1cccn1. The molecule has 2 rings (SSSR count). The first kappa shape index (κ1) is 18.6. The summed E-state index contributed by atoms with van der Waals surface area (Å²) in [6, 6.07) is 8.09. The first-order chi connectivity index (χ1) is 11.9. The molecule has 0 saturated carbocycles. The number of hydrogen-bond donors (Lipinski definition) is 1. The van der Waals surface area contributed by atoms with E-state index in [-0.39, 0.29) is 31.1 Å². The highest BCUT2D eigenvalue weighted by Gasteiger charge is 2.17. The molecule has 0 saturated heterocycles. The first-order valence-electron chi connectivity index (χ1n) is 8.07. The van der Waals surface area contributed by atoms with Crippen LogP contribution in [0.2, 0.25) is 0 Å². The van der Waals surface area contributed by atoms with Crippen molar-refractivity contribution in [1.82, 2.24) is 20.0 Å². The van der Waals surface area contributed by atoms with Gasteiger partial charge in [-0.15, -0.1) is 0 Å². The Balaban J connectivity index is 1.89. The van der Waals surface area contributed by atoms with E-state index in [0.717, 1.165) is 0 Å². The van der Waals surface area contributed by atoms with E-state index < -0.39 is 5.82 Å². The predicted octanol–water partition coefficient (Wildman–Crippen LogP) is 2.09. The molecule has 0 aliphatic carbocycles. The van der Waals surface area contributed by atoms with E-state index in [1.165, 1.54) is 23.1 Å². The molecule has 0 bridgehead atoms. The third-order valence-corrected chi connectivity index (χ3v) is 4.25. The lowest BCUT2D eigenvalue weighted by Crippen LogP contribution is -2.41. The van der Waals surface area contributed by atoms with Crippen molar-refractivity contribution < 1.29 is 9.18 Å². The molecule has 1 heterocycles. The van der Waals surface area contributed by atoms with E-state index in [9.17, 15) is 9.18 Å². The van der Waals surface area contributed by atoms with Gasteiger partial charge in [-0.25, -0.2) is 4.39 Å². The number of hydrogen-bond acceptors (Lipinski definition) is 4. The zero-order valence-corrected chi connectivity index (χ0v) is 14.6. The van der Waals surface area contributed by atoms with E-state index in [0.29, 0.717) is 11.1 Å². The van der Waals surface area contributed by atoms with Gasteiger partial charge in [0.05, 0.1) is 24.2 Å². The number of carbonyl (C=O) groups excluding carboxylic acids is 1. The normalized spacial score (nSPS) is 13.1. The predicted molar refractivity (Wildman–Crippen MR) is 92.0 cm³/mol. The maximum absolute atomic E-state index is 13.8. The molecule has 1 aromatic carbocycles. The number of nitriles is 1. The van der Waals surface area contributed by atoms with Gasteiger partial charge >= 0.3 is 0 Å². The standard InChI is InChI=1S/C18H22FN5O/c1-13(14(2)24-8-4-7-22-24)21-11-18(25)23(3)12-16-9-15(10-20)5-6-17(16)19/h4-9,13-14,21H,11-12H2,1-3H3/t13-,14-/m0/s1. The number of carbonyl (C=O) groups is 1. The van der Waals surface area contributed by atoms with Crippen molar-refractivity contribution in [3.63, 3.8) is 0 Å². The molecule has 132 valence electrons. The maximum atomic E-state index is 13.8. The number of nitrogens with one attached hydrogen (secondary N) is 1. The van der Waals surface area contributed by atoms with Gasteiger partial charge in [0.15, 0.2) is 0 Å². The highest BCUT2D eigenvalue weighted by atomic mass is 19.1. The van der Waals surface area contributed by atoms with Crippen LogP contribution in [0.3, 0.4) is 0 Å². The van der Waals surface area contributed by atoms with Crippen LogP contribution in [0.4, 0.5) is 4.39 Å². The fraction of sp³-hybridized carbons (Fsp3) is 0.389. The van der Waals surface area contributed by atoms with Gasteiger partial charge in [0, 0.05) is 37.6 Å². The van der Waals surface area contributed by atoms with Crippen molar-refractivity contribution >= 4 is 5.91 Å². The third-order valence-electron chi connectivity index (χ3n) is 4.25. The van der Waals surface area contributed by atoms with Crippen molar-refractivity contribution in [2.75, 3.05) is 13.6 Å². The minimum Gasteiger partial charge on any atom is -0.340 e. The number of rotatable bonds is 7. The molecule has 0 radical (unpaired) electrons. The Bertz CT molecular complexity index is 753. The van der Waals surface area contributed by atoms with Gasteiger partial charge in [0.2, 0.25) is 5.91 Å². The summed E-state index contributed by atoms with van der Waals surface area (Å²) in [7, 11) is 1.62. The Kier molecular flexibility index (Phi) is 6.25. The van der Waals surface area contributed by atoms with E-state index in [1.54, 1.807) is 13.2 Å². The van der Waals surface area contributed by atoms with Crippen LogP contribution in [0.1, 0.15) is 31.0 Å². The second kappa shape index (κ2) is 8.40. The number of likely N-dealkylation sites (N-methyl/N-ethyl adjacent to an activating group) is 1. The van der Waals surface area contributed by atoms with Gasteiger partial charge in [-0.05, 0) is 38.1 Å². The molecule has 25 heavy (non-hydrogen) atoms. The Morgan fingerprint density at radius 1 is 1.48 bits per heavy atom. The van der Waals surface area contributed by atoms with Crippen LogP contribution in [-0.2, 0) is 11.3 Å². The zero-order chi connectivity index (χ0) is 18.4. The highest BCUT2D eigenvalue weighted by molar-refractivity contribution is 5.78. The monoisotopic (exact) mass is 343 g/mol. The fourth-order valence-electron chi connectivity index (χ4n) is 2.41. The number of benzene rings is 1. The summed E-state index contributed by atoms with van der Waals surface area (Å²) in [5, 5.41) is 16.3. The smallest absolute Gasteiger partial charge is 0.236 e. The molecule has 0 spiro atoms. The lowest BCUT2D eigenvalue weighted by atomic mass is 10.1. The second-order valence-corrected chi connectivity index (χ2v) is 6.06. The molecule has 0 fully saturated rings. The van der Waals surface area contributed by atoms with Gasteiger partial charge in [-0.3, -0.25) is 9.48 Å². The molecule has 1 aromatic heterocycles. The number of aromatic nitrogens is 2. The molecule has 6 nitrogen and oxygen atoms in total. The van der Waals surface area contributed by atoms with Crippen LogP contribution >= 0.6 is 0 Å². The number of nitrogens with zero attached hydrogens (tertiary/aromatic N) is 4. The summed E-state index contributed by atoms with van der Waals surface area (Å²) in [6.45, 7) is 4.26. The van der Waals surface area contributed by atoms with Crippen molar-refractivity contribution in [3.8, 4) is 6.07 Å². The van der Waals surface area contributed by atoms with Crippen molar-refractivity contribution in [2.45, 2.75) is 32.5 Å². The average Bonchev–Trinajstić information content (AvgIpc) is 3.15. The van der Waals surface area contributed by atoms with Crippen LogP contribution in [0.25, 0.3) is 0 Å². The lowest BCUT2D eigenvalue weighted by molar-refractivity contribution is -0.129. The summed E-state index contributed by atoms with van der Waals surface area (Å²) in [5.74, 6) is -0.575. The Morgan fingerprint density at radius 2 is 2.24 bits per heavy atom. The molecule has 0 unspecified atom stereocenters. The topological polar surface area (TPSA) is 74.0 Å². The van der Waals surface area contributed by atoms with Crippen molar-refractivity contribution in [3.05, 3.63) is 53.6 Å². The quantitative estimate of drug-likeness (QED) is 0.835. The number of halogens is 1. The largest absolute Gasteiger partial charge is 0.340 e. The minimum atomic E-state index is -0.424. The van der Waals surface area contributed by atoms with Gasteiger partial charge < -0.3 is 10.2 Å². The molecule has 2 atom stereocenters. The van der Waals surface area contributed by atoms with Crippen LogP contribution in [-0.4, -0.2) is 40.2 Å². The van der Waals surface area contributed by atoms with Crippen molar-refractivity contribution in [2.24, 2.45) is 0 Å². The number of amides is 1. The van der Waals surface area contributed by atoms with Crippen molar-refractivity contribution in [1.29, 1.82) is 5.26 Å². The maximum Gasteiger partial charge on any atom is 0.236 e. The van der Waals surface area contributed by atoms with Gasteiger partial charge in [-0.1, -0.05) is 0 Å². The third kappa shape index (κ3) is 4.88. The Labute approximate surface area is 146 Å². The molecule has 0 aliphatic rings. The van der Waals surface area contributed by atoms with Crippen LogP contribution in [0, 0.1) is 17.1 Å². The molecular formula is C18H22FN5O. The van der Waals surface area contributed by atoms with Crippen LogP contribution in [0.5, 0.6) is 0 Å². The molecule has 1 N–H and O–H groups in total. The average molecular weight is 343 g/mol. The lowest BCUT2D eigenvalue weighted by Gasteiger charge is -2.23. The van der Waals surface area contributed by atoms with Gasteiger partial charge in [0.25, 0.3) is 0 Å². The summed E-state index contributed by atoms with van der Waals surface area (Å²) in [5.41, 5.74) is 0.699. The minimum absolute atomic E-state index is 0.0379. The van der Waals surface area contributed by atoms with E-state index in [2.05, 4.69) is 10.4 Å². The molecule has 0 aliphatic heterocycles. The van der Waals surface area contributed by atoms with E-state index in [1.807, 2.05) is 36.9 Å². The summed E-state index contributed by atoms with van der Waals surface area (Å²) >= 11 is 0. The Hall–Kier alpha value is -2.72. The van der Waals surface area contributed by atoms with E-state index >= 15 is 0 Å². The Morgan fingerprint density at radius 3 is 2.88 bits per heavy atom. The summed E-state index contributed by atoms with van der Waals surface area (Å²) < 4.78 is 15.7. The first-order valence-corrected chi connectivity index (χ1v) is 8.07. The van der Waals surface area contributed by atoms with Gasteiger partial charge in [-0.2, -0.15) is 10.4 Å².